The number of likely N-dealkylation sites (tertiary alicyclic amines) is 1. The SMILES string of the molecule is S=C(NCc1ccco1)N1CCCCCC1. The first-order valence-electron chi connectivity index (χ1n) is 5.91. The molecule has 4 heteroatoms. The van der Waals surface area contributed by atoms with E-state index in [1.165, 1.54) is 25.7 Å². The van der Waals surface area contributed by atoms with E-state index in [2.05, 4.69) is 10.2 Å². The second-order valence-corrected chi connectivity index (χ2v) is 4.53. The Kier molecular flexibility index (Phi) is 4.22. The summed E-state index contributed by atoms with van der Waals surface area (Å²) in [5.41, 5.74) is 0. The molecule has 1 aromatic rings. The third-order valence-electron chi connectivity index (χ3n) is 2.89. The van der Waals surface area contributed by atoms with Crippen molar-refractivity contribution in [2.24, 2.45) is 0 Å². The summed E-state index contributed by atoms with van der Waals surface area (Å²) in [6.07, 6.45) is 6.85. The zero-order valence-corrected chi connectivity index (χ0v) is 10.3. The van der Waals surface area contributed by atoms with E-state index in [-0.39, 0.29) is 0 Å². The molecule has 0 spiro atoms. The van der Waals surface area contributed by atoms with Crippen LogP contribution in [0.1, 0.15) is 31.4 Å². The second kappa shape index (κ2) is 5.89. The molecule has 88 valence electrons. The highest BCUT2D eigenvalue weighted by molar-refractivity contribution is 7.80. The van der Waals surface area contributed by atoms with Crippen molar-refractivity contribution in [2.75, 3.05) is 13.1 Å². The molecule has 2 heterocycles. The van der Waals surface area contributed by atoms with E-state index in [0.717, 1.165) is 24.0 Å². The molecule has 0 aliphatic carbocycles. The minimum Gasteiger partial charge on any atom is -0.467 e. The Balaban J connectivity index is 1.78. The molecule has 0 radical (unpaired) electrons. The van der Waals surface area contributed by atoms with Gasteiger partial charge >= 0.3 is 0 Å². The molecule has 0 aromatic carbocycles. The maximum absolute atomic E-state index is 5.38. The average Bonchev–Trinajstić information content (AvgIpc) is 2.66. The molecule has 1 N–H and O–H groups in total. The van der Waals surface area contributed by atoms with Gasteiger partial charge in [-0.2, -0.15) is 0 Å². The Hall–Kier alpha value is -1.03. The summed E-state index contributed by atoms with van der Waals surface area (Å²) < 4.78 is 5.26. The minimum atomic E-state index is 0.683. The third kappa shape index (κ3) is 3.23. The summed E-state index contributed by atoms with van der Waals surface area (Å²) in [5, 5.41) is 4.11. The summed E-state index contributed by atoms with van der Waals surface area (Å²) in [4.78, 5) is 2.27. The standard InChI is InChI=1S/C12H18N2OS/c16-12(13-10-11-6-5-9-15-11)14-7-3-1-2-4-8-14/h5-6,9H,1-4,7-8,10H2,(H,13,16). The van der Waals surface area contributed by atoms with E-state index >= 15 is 0 Å². The van der Waals surface area contributed by atoms with Gasteiger partial charge < -0.3 is 14.6 Å². The summed E-state index contributed by atoms with van der Waals surface area (Å²) in [7, 11) is 0. The van der Waals surface area contributed by atoms with Crippen LogP contribution in [0.2, 0.25) is 0 Å². The Labute approximate surface area is 102 Å². The summed E-state index contributed by atoms with van der Waals surface area (Å²) >= 11 is 5.38. The molecule has 16 heavy (non-hydrogen) atoms. The van der Waals surface area contributed by atoms with Gasteiger partial charge in [-0.25, -0.2) is 0 Å². The Morgan fingerprint density at radius 2 is 2.06 bits per heavy atom. The van der Waals surface area contributed by atoms with Gasteiger partial charge in [-0.1, -0.05) is 12.8 Å². The molecule has 0 bridgehead atoms. The number of nitrogens with one attached hydrogen (secondary N) is 1. The summed E-state index contributed by atoms with van der Waals surface area (Å²) in [5.74, 6) is 0.928. The fourth-order valence-electron chi connectivity index (χ4n) is 1.96. The molecular weight excluding hydrogens is 220 g/mol. The predicted molar refractivity (Wildman–Crippen MR) is 68.2 cm³/mol. The molecule has 0 unspecified atom stereocenters. The Morgan fingerprint density at radius 1 is 1.31 bits per heavy atom. The van der Waals surface area contributed by atoms with E-state index < -0.39 is 0 Å². The first kappa shape index (κ1) is 11.5. The highest BCUT2D eigenvalue weighted by atomic mass is 32.1. The van der Waals surface area contributed by atoms with Crippen LogP contribution in [0.3, 0.4) is 0 Å². The van der Waals surface area contributed by atoms with Gasteiger partial charge in [0.2, 0.25) is 0 Å². The monoisotopic (exact) mass is 238 g/mol. The molecule has 1 fully saturated rings. The van der Waals surface area contributed by atoms with Crippen molar-refractivity contribution < 1.29 is 4.42 Å². The molecule has 0 atom stereocenters. The zero-order chi connectivity index (χ0) is 11.2. The lowest BCUT2D eigenvalue weighted by Gasteiger charge is -2.23. The predicted octanol–water partition coefficient (Wildman–Crippen LogP) is 2.53. The van der Waals surface area contributed by atoms with Crippen molar-refractivity contribution in [1.29, 1.82) is 0 Å². The topological polar surface area (TPSA) is 28.4 Å². The van der Waals surface area contributed by atoms with Crippen LogP contribution in [0, 0.1) is 0 Å². The summed E-state index contributed by atoms with van der Waals surface area (Å²) in [6, 6.07) is 3.85. The minimum absolute atomic E-state index is 0.683. The summed E-state index contributed by atoms with van der Waals surface area (Å²) in [6.45, 7) is 2.86. The first-order chi connectivity index (χ1) is 7.86. The number of furan rings is 1. The molecule has 1 aromatic heterocycles. The number of nitrogens with zero attached hydrogens (tertiary/aromatic N) is 1. The van der Waals surface area contributed by atoms with Gasteiger partial charge in [-0.05, 0) is 37.2 Å². The van der Waals surface area contributed by atoms with Crippen molar-refractivity contribution >= 4 is 17.3 Å². The fourth-order valence-corrected chi connectivity index (χ4v) is 2.22. The van der Waals surface area contributed by atoms with E-state index in [9.17, 15) is 0 Å². The van der Waals surface area contributed by atoms with Crippen LogP contribution in [0.4, 0.5) is 0 Å². The lowest BCUT2D eigenvalue weighted by molar-refractivity contribution is 0.421. The Bertz CT molecular complexity index is 316. The fraction of sp³-hybridized carbons (Fsp3) is 0.583. The Morgan fingerprint density at radius 3 is 2.69 bits per heavy atom. The van der Waals surface area contributed by atoms with Gasteiger partial charge in [0, 0.05) is 13.1 Å². The van der Waals surface area contributed by atoms with Gasteiger partial charge in [0.25, 0.3) is 0 Å². The quantitative estimate of drug-likeness (QED) is 0.802. The number of thiocarbonyl (C=S) groups is 1. The highest BCUT2D eigenvalue weighted by Gasteiger charge is 2.11. The second-order valence-electron chi connectivity index (χ2n) is 4.14. The van der Waals surface area contributed by atoms with Crippen LogP contribution in [0.15, 0.2) is 22.8 Å². The van der Waals surface area contributed by atoms with E-state index in [1.54, 1.807) is 6.26 Å². The number of hydrogen-bond donors (Lipinski definition) is 1. The largest absolute Gasteiger partial charge is 0.467 e. The van der Waals surface area contributed by atoms with Crippen molar-refractivity contribution in [3.05, 3.63) is 24.2 Å². The lowest BCUT2D eigenvalue weighted by atomic mass is 10.2. The van der Waals surface area contributed by atoms with Gasteiger partial charge in [-0.15, -0.1) is 0 Å². The number of hydrogen-bond acceptors (Lipinski definition) is 2. The van der Waals surface area contributed by atoms with E-state index in [4.69, 9.17) is 16.6 Å². The third-order valence-corrected chi connectivity index (χ3v) is 3.29. The van der Waals surface area contributed by atoms with Crippen molar-refractivity contribution in [3.8, 4) is 0 Å². The lowest BCUT2D eigenvalue weighted by Crippen LogP contribution is -2.39. The van der Waals surface area contributed by atoms with Crippen molar-refractivity contribution in [2.45, 2.75) is 32.2 Å². The van der Waals surface area contributed by atoms with Gasteiger partial charge in [0.05, 0.1) is 12.8 Å². The molecular formula is C12H18N2OS. The highest BCUT2D eigenvalue weighted by Crippen LogP contribution is 2.10. The smallest absolute Gasteiger partial charge is 0.169 e. The van der Waals surface area contributed by atoms with Gasteiger partial charge in [-0.3, -0.25) is 0 Å². The normalized spacial score (nSPS) is 16.9. The molecule has 0 saturated carbocycles. The molecule has 1 aliphatic rings. The average molecular weight is 238 g/mol. The van der Waals surface area contributed by atoms with Crippen molar-refractivity contribution in [1.82, 2.24) is 10.2 Å². The molecule has 0 amide bonds. The molecule has 2 rings (SSSR count). The molecule has 3 nitrogen and oxygen atoms in total. The maximum atomic E-state index is 5.38. The van der Waals surface area contributed by atoms with Crippen LogP contribution >= 0.6 is 12.2 Å². The van der Waals surface area contributed by atoms with Gasteiger partial charge in [0.1, 0.15) is 5.76 Å². The van der Waals surface area contributed by atoms with Crippen LogP contribution in [-0.2, 0) is 6.54 Å². The van der Waals surface area contributed by atoms with E-state index in [0.29, 0.717) is 6.54 Å². The molecule has 1 aliphatic heterocycles. The van der Waals surface area contributed by atoms with E-state index in [1.807, 2.05) is 12.1 Å². The van der Waals surface area contributed by atoms with Gasteiger partial charge in [0.15, 0.2) is 5.11 Å². The van der Waals surface area contributed by atoms with Crippen LogP contribution in [0.25, 0.3) is 0 Å². The maximum Gasteiger partial charge on any atom is 0.169 e. The molecule has 1 saturated heterocycles. The van der Waals surface area contributed by atoms with Crippen LogP contribution in [0.5, 0.6) is 0 Å². The zero-order valence-electron chi connectivity index (χ0n) is 9.45. The van der Waals surface area contributed by atoms with Crippen LogP contribution < -0.4 is 5.32 Å². The van der Waals surface area contributed by atoms with Crippen LogP contribution in [-0.4, -0.2) is 23.1 Å². The van der Waals surface area contributed by atoms with Crippen molar-refractivity contribution in [3.63, 3.8) is 0 Å². The number of rotatable bonds is 2. The first-order valence-corrected chi connectivity index (χ1v) is 6.32.